The molecule has 1 aromatic carbocycles. The van der Waals surface area contributed by atoms with Crippen LogP contribution in [-0.4, -0.2) is 29.6 Å². The van der Waals surface area contributed by atoms with E-state index in [2.05, 4.69) is 15.6 Å². The van der Waals surface area contributed by atoms with Gasteiger partial charge in [0.1, 0.15) is 5.03 Å². The third kappa shape index (κ3) is 4.32. The van der Waals surface area contributed by atoms with Gasteiger partial charge in [0.25, 0.3) is 5.91 Å². The Bertz CT molecular complexity index is 632. The average Bonchev–Trinajstić information content (AvgIpc) is 2.54. The van der Waals surface area contributed by atoms with Gasteiger partial charge in [-0.3, -0.25) is 9.59 Å². The Morgan fingerprint density at radius 2 is 1.90 bits per heavy atom. The summed E-state index contributed by atoms with van der Waals surface area (Å²) in [7, 11) is 0. The minimum absolute atomic E-state index is 0.0869. The summed E-state index contributed by atoms with van der Waals surface area (Å²) in [4.78, 5) is 27.8. The van der Waals surface area contributed by atoms with Gasteiger partial charge in [0.05, 0.1) is 12.2 Å². The molecular weight excluding hydrogens is 286 g/mol. The molecule has 0 spiro atoms. The monoisotopic (exact) mass is 301 g/mol. The number of pyridine rings is 1. The number of carbonyl (C=O) groups excluding carboxylic acids is 2. The van der Waals surface area contributed by atoms with Crippen molar-refractivity contribution in [2.45, 2.75) is 5.03 Å². The number of hydrogen-bond donors (Lipinski definition) is 2. The molecule has 2 rings (SSSR count). The van der Waals surface area contributed by atoms with Crippen LogP contribution in [0.15, 0.2) is 53.7 Å². The average molecular weight is 301 g/mol. The molecule has 0 aliphatic carbocycles. The molecule has 0 atom stereocenters. The van der Waals surface area contributed by atoms with Gasteiger partial charge in [0.15, 0.2) is 0 Å². The smallest absolute Gasteiger partial charge is 0.251 e. The molecular formula is C15H15N3O2S. The van der Waals surface area contributed by atoms with Gasteiger partial charge >= 0.3 is 0 Å². The molecule has 0 aliphatic rings. The Hall–Kier alpha value is -2.34. The van der Waals surface area contributed by atoms with Crippen molar-refractivity contribution in [1.82, 2.24) is 10.3 Å². The van der Waals surface area contributed by atoms with Crippen molar-refractivity contribution in [1.29, 1.82) is 0 Å². The third-order valence-electron chi connectivity index (χ3n) is 2.68. The van der Waals surface area contributed by atoms with E-state index in [9.17, 15) is 9.59 Å². The molecule has 108 valence electrons. The summed E-state index contributed by atoms with van der Waals surface area (Å²) in [6, 6.07) is 12.3. The molecule has 0 saturated carbocycles. The van der Waals surface area contributed by atoms with Gasteiger partial charge in [-0.25, -0.2) is 4.98 Å². The predicted molar refractivity (Wildman–Crippen MR) is 83.4 cm³/mol. The number of hydrogen-bond acceptors (Lipinski definition) is 4. The largest absolute Gasteiger partial charge is 0.343 e. The highest BCUT2D eigenvalue weighted by Crippen LogP contribution is 2.21. The van der Waals surface area contributed by atoms with Crippen molar-refractivity contribution in [3.63, 3.8) is 0 Å². The van der Waals surface area contributed by atoms with E-state index < -0.39 is 0 Å². The highest BCUT2D eigenvalue weighted by Gasteiger charge is 2.09. The maximum Gasteiger partial charge on any atom is 0.251 e. The molecule has 0 fully saturated rings. The first-order valence-electron chi connectivity index (χ1n) is 6.33. The minimum Gasteiger partial charge on any atom is -0.343 e. The summed E-state index contributed by atoms with van der Waals surface area (Å²) < 4.78 is 0. The van der Waals surface area contributed by atoms with E-state index in [1.807, 2.05) is 12.3 Å². The van der Waals surface area contributed by atoms with E-state index in [4.69, 9.17) is 0 Å². The van der Waals surface area contributed by atoms with E-state index in [0.29, 0.717) is 11.3 Å². The summed E-state index contributed by atoms with van der Waals surface area (Å²) >= 11 is 1.45. The van der Waals surface area contributed by atoms with Gasteiger partial charge in [0, 0.05) is 11.8 Å². The quantitative estimate of drug-likeness (QED) is 0.830. The van der Waals surface area contributed by atoms with Gasteiger partial charge in [-0.1, -0.05) is 18.2 Å². The van der Waals surface area contributed by atoms with Crippen molar-refractivity contribution < 1.29 is 9.59 Å². The normalized spacial score (nSPS) is 9.95. The van der Waals surface area contributed by atoms with Crippen LogP contribution in [-0.2, 0) is 4.79 Å². The van der Waals surface area contributed by atoms with Gasteiger partial charge in [0.2, 0.25) is 5.91 Å². The minimum atomic E-state index is -0.289. The fourth-order valence-corrected chi connectivity index (χ4v) is 2.20. The first kappa shape index (κ1) is 15.1. The molecule has 1 heterocycles. The molecule has 0 radical (unpaired) electrons. The van der Waals surface area contributed by atoms with Crippen LogP contribution in [0.3, 0.4) is 0 Å². The Kier molecular flexibility index (Phi) is 5.34. The van der Waals surface area contributed by atoms with Gasteiger partial charge < -0.3 is 10.6 Å². The summed E-state index contributed by atoms with van der Waals surface area (Å²) in [5.41, 5.74) is 1.17. The van der Waals surface area contributed by atoms with Crippen LogP contribution in [0.25, 0.3) is 0 Å². The summed E-state index contributed by atoms with van der Waals surface area (Å²) in [6.07, 6.45) is 3.55. The van der Waals surface area contributed by atoms with Gasteiger partial charge in [-0.15, -0.1) is 11.8 Å². The summed E-state index contributed by atoms with van der Waals surface area (Å²) in [6.45, 7) is -0.0869. The zero-order valence-electron chi connectivity index (χ0n) is 11.5. The second kappa shape index (κ2) is 7.44. The molecule has 1 aromatic heterocycles. The SMILES string of the molecule is CSc1ncccc1NC(=O)CNC(=O)c1ccccc1. The fourth-order valence-electron chi connectivity index (χ4n) is 1.70. The van der Waals surface area contributed by atoms with Crippen LogP contribution in [0.1, 0.15) is 10.4 Å². The van der Waals surface area contributed by atoms with Crippen molar-refractivity contribution in [2.24, 2.45) is 0 Å². The van der Waals surface area contributed by atoms with Crippen LogP contribution in [0.4, 0.5) is 5.69 Å². The van der Waals surface area contributed by atoms with Crippen LogP contribution in [0.2, 0.25) is 0 Å². The maximum absolute atomic E-state index is 11.9. The summed E-state index contributed by atoms with van der Waals surface area (Å²) in [5, 5.41) is 6.05. The Labute approximate surface area is 127 Å². The number of aromatic nitrogens is 1. The Morgan fingerprint density at radius 3 is 2.62 bits per heavy atom. The standard InChI is InChI=1S/C15H15N3O2S/c1-21-15-12(8-5-9-16-15)18-13(19)10-17-14(20)11-6-3-2-4-7-11/h2-9H,10H2,1H3,(H,17,20)(H,18,19). The lowest BCUT2D eigenvalue weighted by Gasteiger charge is -2.09. The maximum atomic E-state index is 11.9. The second-order valence-electron chi connectivity index (χ2n) is 4.16. The molecule has 6 heteroatoms. The first-order valence-corrected chi connectivity index (χ1v) is 7.55. The predicted octanol–water partition coefficient (Wildman–Crippen LogP) is 2.17. The number of nitrogens with one attached hydrogen (secondary N) is 2. The molecule has 2 aromatic rings. The Balaban J connectivity index is 1.89. The van der Waals surface area contributed by atoms with E-state index >= 15 is 0 Å². The lowest BCUT2D eigenvalue weighted by molar-refractivity contribution is -0.115. The van der Waals surface area contributed by atoms with E-state index in [0.717, 1.165) is 5.03 Å². The highest BCUT2D eigenvalue weighted by molar-refractivity contribution is 7.98. The molecule has 0 aliphatic heterocycles. The number of amides is 2. The molecule has 21 heavy (non-hydrogen) atoms. The number of thioether (sulfide) groups is 1. The molecule has 0 saturated heterocycles. The van der Waals surface area contributed by atoms with Gasteiger partial charge in [-0.05, 0) is 30.5 Å². The van der Waals surface area contributed by atoms with Gasteiger partial charge in [-0.2, -0.15) is 0 Å². The van der Waals surface area contributed by atoms with E-state index in [1.165, 1.54) is 11.8 Å². The first-order chi connectivity index (χ1) is 10.2. The van der Waals surface area contributed by atoms with E-state index in [1.54, 1.807) is 42.6 Å². The highest BCUT2D eigenvalue weighted by atomic mass is 32.2. The zero-order valence-corrected chi connectivity index (χ0v) is 12.3. The lowest BCUT2D eigenvalue weighted by Crippen LogP contribution is -2.32. The molecule has 5 nitrogen and oxygen atoms in total. The van der Waals surface area contributed by atoms with Crippen molar-refractivity contribution in [3.05, 3.63) is 54.2 Å². The van der Waals surface area contributed by atoms with Crippen molar-refractivity contribution in [3.8, 4) is 0 Å². The number of benzene rings is 1. The number of anilines is 1. The zero-order chi connectivity index (χ0) is 15.1. The topological polar surface area (TPSA) is 71.1 Å². The van der Waals surface area contributed by atoms with Crippen LogP contribution in [0.5, 0.6) is 0 Å². The lowest BCUT2D eigenvalue weighted by atomic mass is 10.2. The molecule has 2 N–H and O–H groups in total. The summed E-state index contributed by atoms with van der Waals surface area (Å²) in [5.74, 6) is -0.565. The third-order valence-corrected chi connectivity index (χ3v) is 3.40. The Morgan fingerprint density at radius 1 is 1.14 bits per heavy atom. The molecule has 2 amide bonds. The van der Waals surface area contributed by atoms with Crippen LogP contribution in [0, 0.1) is 0 Å². The fraction of sp³-hybridized carbons (Fsp3) is 0.133. The van der Waals surface area contributed by atoms with Crippen LogP contribution < -0.4 is 10.6 Å². The van der Waals surface area contributed by atoms with Crippen LogP contribution >= 0.6 is 11.8 Å². The second-order valence-corrected chi connectivity index (χ2v) is 4.95. The van der Waals surface area contributed by atoms with E-state index in [-0.39, 0.29) is 18.4 Å². The van der Waals surface area contributed by atoms with Crippen molar-refractivity contribution in [2.75, 3.05) is 18.1 Å². The number of carbonyl (C=O) groups is 2. The molecule has 0 bridgehead atoms. The number of rotatable bonds is 5. The van der Waals surface area contributed by atoms with Crippen molar-refractivity contribution >= 4 is 29.3 Å². The number of nitrogens with zero attached hydrogens (tertiary/aromatic N) is 1. The molecule has 0 unspecified atom stereocenters.